The summed E-state index contributed by atoms with van der Waals surface area (Å²) in [4.78, 5) is 13.0. The van der Waals surface area contributed by atoms with Crippen LogP contribution in [-0.2, 0) is 17.8 Å². The van der Waals surface area contributed by atoms with Gasteiger partial charge in [0.05, 0.1) is 15.0 Å². The van der Waals surface area contributed by atoms with E-state index in [0.29, 0.717) is 16.0 Å². The third-order valence-electron chi connectivity index (χ3n) is 5.04. The van der Waals surface area contributed by atoms with Crippen molar-refractivity contribution in [3.8, 4) is 5.75 Å². The highest BCUT2D eigenvalue weighted by Gasteiger charge is 2.27. The van der Waals surface area contributed by atoms with Gasteiger partial charge in [0.2, 0.25) is 0 Å². The summed E-state index contributed by atoms with van der Waals surface area (Å²) < 4.78 is 19.5. The van der Waals surface area contributed by atoms with Gasteiger partial charge < -0.3 is 15.4 Å². The fourth-order valence-corrected chi connectivity index (χ4v) is 4.87. The van der Waals surface area contributed by atoms with E-state index >= 15 is 0 Å². The molecule has 4 nitrogen and oxygen atoms in total. The van der Waals surface area contributed by atoms with Gasteiger partial charge in [-0.05, 0) is 54.0 Å². The SMILES string of the molecule is CCc1ccc(N[C@H]2NC(=O)/C(=C/c3cc(Cl)c(OCc4ccccc4F)c(Cl)c3)S2)cc1. The van der Waals surface area contributed by atoms with Crippen molar-refractivity contribution < 1.29 is 13.9 Å². The van der Waals surface area contributed by atoms with E-state index in [2.05, 4.69) is 29.7 Å². The first-order valence-corrected chi connectivity index (χ1v) is 12.0. The maximum Gasteiger partial charge on any atom is 0.260 e. The molecule has 2 N–H and O–H groups in total. The van der Waals surface area contributed by atoms with Crippen LogP contribution in [0.15, 0.2) is 65.6 Å². The van der Waals surface area contributed by atoms with Gasteiger partial charge >= 0.3 is 0 Å². The fourth-order valence-electron chi connectivity index (χ4n) is 3.27. The number of amides is 1. The Morgan fingerprint density at radius 2 is 1.82 bits per heavy atom. The lowest BCUT2D eigenvalue weighted by Gasteiger charge is -2.13. The molecule has 0 aromatic heterocycles. The Hall–Kier alpha value is -2.67. The van der Waals surface area contributed by atoms with Crippen LogP contribution >= 0.6 is 35.0 Å². The van der Waals surface area contributed by atoms with Gasteiger partial charge in [-0.1, -0.05) is 72.2 Å². The maximum absolute atomic E-state index is 13.8. The average Bonchev–Trinajstić information content (AvgIpc) is 3.13. The summed E-state index contributed by atoms with van der Waals surface area (Å²) >= 11 is 14.1. The van der Waals surface area contributed by atoms with E-state index < -0.39 is 0 Å². The highest BCUT2D eigenvalue weighted by Crippen LogP contribution is 2.37. The minimum absolute atomic E-state index is 0.00259. The molecule has 8 heteroatoms. The summed E-state index contributed by atoms with van der Waals surface area (Å²) in [5, 5.41) is 6.75. The van der Waals surface area contributed by atoms with Gasteiger partial charge in [-0.15, -0.1) is 0 Å². The van der Waals surface area contributed by atoms with E-state index in [9.17, 15) is 9.18 Å². The molecular formula is C25H21Cl2FN2O2S. The van der Waals surface area contributed by atoms with Gasteiger partial charge in [0.15, 0.2) is 11.2 Å². The van der Waals surface area contributed by atoms with Gasteiger partial charge in [0, 0.05) is 11.3 Å². The number of thioether (sulfide) groups is 1. The second kappa shape index (κ2) is 10.5. The summed E-state index contributed by atoms with van der Waals surface area (Å²) in [5.74, 6) is -0.281. The van der Waals surface area contributed by atoms with Crippen molar-refractivity contribution in [3.63, 3.8) is 0 Å². The second-order valence-electron chi connectivity index (χ2n) is 7.37. The van der Waals surface area contributed by atoms with Crippen molar-refractivity contribution in [2.45, 2.75) is 25.4 Å². The first-order chi connectivity index (χ1) is 15.9. The van der Waals surface area contributed by atoms with Gasteiger partial charge in [-0.25, -0.2) is 4.39 Å². The van der Waals surface area contributed by atoms with Gasteiger partial charge in [0.25, 0.3) is 5.91 Å². The van der Waals surface area contributed by atoms with Crippen LogP contribution in [0.2, 0.25) is 10.0 Å². The predicted octanol–water partition coefficient (Wildman–Crippen LogP) is 6.87. The molecule has 1 fully saturated rings. The van der Waals surface area contributed by atoms with Gasteiger partial charge in [-0.3, -0.25) is 4.79 Å². The first-order valence-electron chi connectivity index (χ1n) is 10.3. The molecule has 0 unspecified atom stereocenters. The number of hydrogen-bond acceptors (Lipinski definition) is 4. The van der Waals surface area contributed by atoms with Crippen LogP contribution in [0, 0.1) is 5.82 Å². The number of benzene rings is 3. The number of nitrogens with one attached hydrogen (secondary N) is 2. The average molecular weight is 503 g/mol. The third kappa shape index (κ3) is 5.82. The molecular weight excluding hydrogens is 482 g/mol. The molecule has 0 spiro atoms. The number of rotatable bonds is 7. The van der Waals surface area contributed by atoms with E-state index in [1.807, 2.05) is 12.1 Å². The summed E-state index contributed by atoms with van der Waals surface area (Å²) in [5.41, 5.74) is 2.95. The van der Waals surface area contributed by atoms with Crippen molar-refractivity contribution in [1.82, 2.24) is 5.32 Å². The Labute approximate surface area is 206 Å². The topological polar surface area (TPSA) is 50.4 Å². The largest absolute Gasteiger partial charge is 0.486 e. The van der Waals surface area contributed by atoms with Crippen LogP contribution < -0.4 is 15.4 Å². The molecule has 1 atom stereocenters. The quantitative estimate of drug-likeness (QED) is 0.346. The number of ether oxygens (including phenoxy) is 1. The van der Waals surface area contributed by atoms with E-state index in [4.69, 9.17) is 27.9 Å². The molecule has 3 aromatic rings. The van der Waals surface area contributed by atoms with E-state index in [1.165, 1.54) is 23.4 Å². The van der Waals surface area contributed by atoms with Crippen molar-refractivity contribution in [2.24, 2.45) is 0 Å². The smallest absolute Gasteiger partial charge is 0.260 e. The van der Waals surface area contributed by atoms with Gasteiger partial charge in [-0.2, -0.15) is 0 Å². The minimum Gasteiger partial charge on any atom is -0.486 e. The van der Waals surface area contributed by atoms with Crippen LogP contribution in [0.5, 0.6) is 5.75 Å². The Balaban J connectivity index is 1.44. The van der Waals surface area contributed by atoms with Crippen LogP contribution in [-0.4, -0.2) is 11.4 Å². The second-order valence-corrected chi connectivity index (χ2v) is 9.33. The Morgan fingerprint density at radius 1 is 1.12 bits per heavy atom. The van der Waals surface area contributed by atoms with Crippen molar-refractivity contribution in [3.05, 3.63) is 98.1 Å². The fraction of sp³-hybridized carbons (Fsp3) is 0.160. The number of hydrogen-bond donors (Lipinski definition) is 2. The summed E-state index contributed by atoms with van der Waals surface area (Å²) in [6.45, 7) is 2.10. The molecule has 1 aliphatic rings. The van der Waals surface area contributed by atoms with Crippen LogP contribution in [0.3, 0.4) is 0 Å². The normalized spacial score (nSPS) is 16.7. The number of anilines is 1. The number of halogens is 3. The minimum atomic E-state index is -0.361. The molecule has 170 valence electrons. The Bertz CT molecular complexity index is 1180. The summed E-state index contributed by atoms with van der Waals surface area (Å²) in [6.07, 6.45) is 2.69. The molecule has 4 rings (SSSR count). The molecule has 1 aliphatic heterocycles. The zero-order valence-corrected chi connectivity index (χ0v) is 20.0. The van der Waals surface area contributed by atoms with Crippen molar-refractivity contribution >= 4 is 52.6 Å². The molecule has 1 amide bonds. The number of carbonyl (C=O) groups excluding carboxylic acids is 1. The van der Waals surface area contributed by atoms with Crippen LogP contribution in [0.1, 0.15) is 23.6 Å². The monoisotopic (exact) mass is 502 g/mol. The Kier molecular flexibility index (Phi) is 7.48. The predicted molar refractivity (Wildman–Crippen MR) is 134 cm³/mol. The lowest BCUT2D eigenvalue weighted by atomic mass is 10.1. The van der Waals surface area contributed by atoms with Gasteiger partial charge in [0.1, 0.15) is 12.4 Å². The van der Waals surface area contributed by atoms with E-state index in [1.54, 1.807) is 36.4 Å². The molecule has 0 saturated carbocycles. The molecule has 0 radical (unpaired) electrons. The number of carbonyl (C=O) groups is 1. The summed E-state index contributed by atoms with van der Waals surface area (Å²) in [7, 11) is 0. The third-order valence-corrected chi connectivity index (χ3v) is 6.63. The summed E-state index contributed by atoms with van der Waals surface area (Å²) in [6, 6.07) is 17.8. The van der Waals surface area contributed by atoms with Crippen molar-refractivity contribution in [1.29, 1.82) is 0 Å². The zero-order chi connectivity index (χ0) is 23.4. The molecule has 1 saturated heterocycles. The lowest BCUT2D eigenvalue weighted by Crippen LogP contribution is -2.30. The van der Waals surface area contributed by atoms with E-state index in [-0.39, 0.29) is 39.6 Å². The van der Waals surface area contributed by atoms with Crippen LogP contribution in [0.4, 0.5) is 10.1 Å². The molecule has 3 aromatic carbocycles. The van der Waals surface area contributed by atoms with Crippen molar-refractivity contribution in [2.75, 3.05) is 5.32 Å². The standard InChI is InChI=1S/C25H21Cl2FN2O2S/c1-2-15-7-9-18(10-8-15)29-25-30-24(31)22(33-25)13-16-11-19(26)23(20(27)12-16)32-14-17-5-3-4-6-21(17)28/h3-13,25,29H,2,14H2,1H3,(H,30,31)/b22-13-/t25-/m0/s1. The highest BCUT2D eigenvalue weighted by atomic mass is 35.5. The highest BCUT2D eigenvalue weighted by molar-refractivity contribution is 8.05. The van der Waals surface area contributed by atoms with Crippen LogP contribution in [0.25, 0.3) is 6.08 Å². The van der Waals surface area contributed by atoms with E-state index in [0.717, 1.165) is 12.1 Å². The zero-order valence-electron chi connectivity index (χ0n) is 17.7. The Morgan fingerprint density at radius 3 is 2.48 bits per heavy atom. The molecule has 33 heavy (non-hydrogen) atoms. The molecule has 1 heterocycles. The molecule has 0 bridgehead atoms. The lowest BCUT2D eigenvalue weighted by molar-refractivity contribution is -0.116. The molecule has 0 aliphatic carbocycles. The first kappa shape index (κ1) is 23.5. The number of aryl methyl sites for hydroxylation is 1. The maximum atomic E-state index is 13.8.